The molecule has 2 aliphatic rings. The van der Waals surface area contributed by atoms with E-state index in [9.17, 15) is 23.9 Å². The lowest BCUT2D eigenvalue weighted by Crippen LogP contribution is -2.50. The van der Waals surface area contributed by atoms with Crippen molar-refractivity contribution in [2.75, 3.05) is 47.8 Å². The molecule has 1 atom stereocenters. The van der Waals surface area contributed by atoms with Gasteiger partial charge in [-0.3, -0.25) is 9.59 Å². The van der Waals surface area contributed by atoms with Gasteiger partial charge in [0.15, 0.2) is 5.82 Å². The lowest BCUT2D eigenvalue weighted by atomic mass is 10.0. The van der Waals surface area contributed by atoms with E-state index in [1.165, 1.54) is 32.9 Å². The Kier molecular flexibility index (Phi) is 9.36. The number of pyridine rings is 1. The lowest BCUT2D eigenvalue weighted by molar-refractivity contribution is 0.00316. The zero-order valence-electron chi connectivity index (χ0n) is 29.1. The standard InChI is InChI=1S/C36H38ClF2N7O5/c1-19-15-27(46-31(47)20-9-7-8-10-21(20)32(46)48)42-29(28(19)39)22-17-25-23(16-24(22)37)30(43-33(41-25)40-18-26(38)36(5,6)50)44-11-13-45(14-12-44)34(49)51-35(2,3)4/h7-10,15-17,26,50H,11-14,18H2,1-6H3,(H,40,41,43). The van der Waals surface area contributed by atoms with E-state index < -0.39 is 41.1 Å². The molecule has 4 aromatic rings. The summed E-state index contributed by atoms with van der Waals surface area (Å²) in [6.45, 7) is 10.7. The number of ether oxygens (including phenoxy) is 1. The first-order valence-corrected chi connectivity index (χ1v) is 16.8. The third-order valence-corrected chi connectivity index (χ3v) is 8.92. The van der Waals surface area contributed by atoms with Crippen LogP contribution in [0.25, 0.3) is 22.2 Å². The third-order valence-electron chi connectivity index (χ3n) is 8.61. The molecule has 15 heteroatoms. The van der Waals surface area contributed by atoms with Crippen LogP contribution in [0.15, 0.2) is 42.5 Å². The molecule has 2 N–H and O–H groups in total. The Morgan fingerprint density at radius 1 is 0.980 bits per heavy atom. The Morgan fingerprint density at radius 3 is 2.20 bits per heavy atom. The van der Waals surface area contributed by atoms with Crippen molar-refractivity contribution in [3.05, 3.63) is 70.0 Å². The number of nitrogens with zero attached hydrogens (tertiary/aromatic N) is 6. The Bertz CT molecular complexity index is 2020. The van der Waals surface area contributed by atoms with Gasteiger partial charge in [0.2, 0.25) is 5.95 Å². The highest BCUT2D eigenvalue weighted by atomic mass is 35.5. The zero-order chi connectivity index (χ0) is 37.0. The molecule has 3 amide bonds. The van der Waals surface area contributed by atoms with Crippen molar-refractivity contribution in [3.63, 3.8) is 0 Å². The molecule has 2 aromatic heterocycles. The first-order valence-electron chi connectivity index (χ1n) is 16.4. The van der Waals surface area contributed by atoms with Crippen molar-refractivity contribution in [2.24, 2.45) is 0 Å². The number of nitrogens with one attached hydrogen (secondary N) is 1. The maximum absolute atomic E-state index is 15.9. The molecule has 2 aromatic carbocycles. The Morgan fingerprint density at radius 2 is 1.61 bits per heavy atom. The summed E-state index contributed by atoms with van der Waals surface area (Å²) in [4.78, 5) is 57.4. The topological polar surface area (TPSA) is 141 Å². The predicted octanol–water partition coefficient (Wildman–Crippen LogP) is 6.17. The average molecular weight is 722 g/mol. The average Bonchev–Trinajstić information content (AvgIpc) is 3.32. The van der Waals surface area contributed by atoms with Gasteiger partial charge < -0.3 is 25.0 Å². The van der Waals surface area contributed by atoms with Gasteiger partial charge in [-0.1, -0.05) is 23.7 Å². The number of rotatable bonds is 7. The molecule has 0 spiro atoms. The number of halogens is 3. The summed E-state index contributed by atoms with van der Waals surface area (Å²) in [7, 11) is 0. The monoisotopic (exact) mass is 721 g/mol. The molecule has 12 nitrogen and oxygen atoms in total. The number of imide groups is 1. The van der Waals surface area contributed by atoms with Crippen LogP contribution in [0, 0.1) is 12.7 Å². The quantitative estimate of drug-likeness (QED) is 0.213. The summed E-state index contributed by atoms with van der Waals surface area (Å²) in [5.41, 5.74) is -1.50. The summed E-state index contributed by atoms with van der Waals surface area (Å²) in [6, 6.07) is 10.8. The smallest absolute Gasteiger partial charge is 0.410 e. The fourth-order valence-corrected chi connectivity index (χ4v) is 6.08. The highest BCUT2D eigenvalue weighted by molar-refractivity contribution is 6.35. The second-order valence-corrected chi connectivity index (χ2v) is 14.5. The van der Waals surface area contributed by atoms with Gasteiger partial charge in [0, 0.05) is 37.1 Å². The Labute approximate surface area is 298 Å². The van der Waals surface area contributed by atoms with Crippen molar-refractivity contribution < 1.29 is 33.0 Å². The van der Waals surface area contributed by atoms with Gasteiger partial charge in [-0.25, -0.2) is 28.4 Å². The molecule has 0 aliphatic carbocycles. The number of carbonyl (C=O) groups is 3. The molecule has 6 rings (SSSR count). The number of carbonyl (C=O) groups excluding carboxylic acids is 3. The normalized spacial score (nSPS) is 15.8. The van der Waals surface area contributed by atoms with E-state index in [2.05, 4.69) is 20.3 Å². The van der Waals surface area contributed by atoms with Crippen molar-refractivity contribution in [3.8, 4) is 11.3 Å². The van der Waals surface area contributed by atoms with Gasteiger partial charge in [-0.15, -0.1) is 0 Å². The maximum Gasteiger partial charge on any atom is 0.410 e. The lowest BCUT2D eigenvalue weighted by Gasteiger charge is -2.36. The molecule has 51 heavy (non-hydrogen) atoms. The summed E-state index contributed by atoms with van der Waals surface area (Å²) in [5, 5.41) is 13.6. The SMILES string of the molecule is Cc1cc(N2C(=O)c3ccccc3C2=O)nc(-c2cc3nc(NCC(F)C(C)(C)O)nc(N4CCN(C(=O)OC(C)(C)C)CC4)c3cc2Cl)c1F. The Hall–Kier alpha value is -4.95. The van der Waals surface area contributed by atoms with Crippen molar-refractivity contribution in [2.45, 2.75) is 58.9 Å². The van der Waals surface area contributed by atoms with Crippen LogP contribution in [0.2, 0.25) is 5.02 Å². The third kappa shape index (κ3) is 7.15. The van der Waals surface area contributed by atoms with Crippen LogP contribution >= 0.6 is 11.6 Å². The molecule has 4 heterocycles. The number of anilines is 3. The van der Waals surface area contributed by atoms with E-state index in [1.54, 1.807) is 56.0 Å². The summed E-state index contributed by atoms with van der Waals surface area (Å²) in [5.74, 6) is -1.48. The first kappa shape index (κ1) is 35.9. The molecular weight excluding hydrogens is 684 g/mol. The number of benzene rings is 2. The molecule has 1 saturated heterocycles. The number of hydrogen-bond acceptors (Lipinski definition) is 10. The van der Waals surface area contributed by atoms with Gasteiger partial charge in [0.05, 0.1) is 33.8 Å². The number of amides is 3. The van der Waals surface area contributed by atoms with E-state index in [0.29, 0.717) is 42.9 Å². The summed E-state index contributed by atoms with van der Waals surface area (Å²) < 4.78 is 36.2. The van der Waals surface area contributed by atoms with E-state index in [0.717, 1.165) is 4.90 Å². The summed E-state index contributed by atoms with van der Waals surface area (Å²) >= 11 is 6.84. The van der Waals surface area contributed by atoms with Crippen molar-refractivity contribution in [1.29, 1.82) is 0 Å². The number of hydrogen-bond donors (Lipinski definition) is 2. The van der Waals surface area contributed by atoms with Crippen molar-refractivity contribution >= 4 is 58.0 Å². The highest BCUT2D eigenvalue weighted by Gasteiger charge is 2.38. The number of piperazine rings is 1. The molecule has 0 bridgehead atoms. The molecule has 0 saturated carbocycles. The van der Waals surface area contributed by atoms with Gasteiger partial charge >= 0.3 is 6.09 Å². The molecule has 268 valence electrons. The zero-order valence-corrected chi connectivity index (χ0v) is 29.8. The first-order chi connectivity index (χ1) is 23.9. The predicted molar refractivity (Wildman–Crippen MR) is 190 cm³/mol. The number of fused-ring (bicyclic) bond motifs is 2. The minimum atomic E-state index is -1.66. The maximum atomic E-state index is 15.9. The van der Waals surface area contributed by atoms with Gasteiger partial charge in [0.1, 0.15) is 29.1 Å². The van der Waals surface area contributed by atoms with E-state index >= 15 is 4.39 Å². The van der Waals surface area contributed by atoms with Crippen LogP contribution in [0.1, 0.15) is 60.9 Å². The molecule has 0 radical (unpaired) electrons. The Balaban J connectivity index is 1.40. The number of aromatic nitrogens is 3. The number of aryl methyl sites for hydroxylation is 1. The molecule has 2 aliphatic heterocycles. The second-order valence-electron chi connectivity index (χ2n) is 14.1. The number of aliphatic hydroxyl groups is 1. The molecule has 1 unspecified atom stereocenters. The second kappa shape index (κ2) is 13.3. The van der Waals surface area contributed by atoms with E-state index in [-0.39, 0.29) is 51.3 Å². The highest BCUT2D eigenvalue weighted by Crippen LogP contribution is 2.38. The van der Waals surface area contributed by atoms with Crippen molar-refractivity contribution in [1.82, 2.24) is 19.9 Å². The fraction of sp³-hybridized carbons (Fsp3) is 0.389. The minimum Gasteiger partial charge on any atom is -0.444 e. The minimum absolute atomic E-state index is 0.0385. The number of alkyl halides is 1. The fourth-order valence-electron chi connectivity index (χ4n) is 5.82. The largest absolute Gasteiger partial charge is 0.444 e. The summed E-state index contributed by atoms with van der Waals surface area (Å²) in [6.07, 6.45) is -2.09. The van der Waals surface area contributed by atoms with Crippen LogP contribution < -0.4 is 15.1 Å². The van der Waals surface area contributed by atoms with Crippen LogP contribution in [0.3, 0.4) is 0 Å². The van der Waals surface area contributed by atoms with Gasteiger partial charge in [0.25, 0.3) is 11.8 Å². The van der Waals surface area contributed by atoms with Crippen LogP contribution in [-0.4, -0.2) is 93.0 Å². The van der Waals surface area contributed by atoms with Gasteiger partial charge in [-0.05, 0) is 77.4 Å². The van der Waals surface area contributed by atoms with Crippen LogP contribution in [0.4, 0.5) is 31.2 Å². The molecular formula is C36H38ClF2N7O5. The van der Waals surface area contributed by atoms with Gasteiger partial charge in [-0.2, -0.15) is 4.98 Å². The van der Waals surface area contributed by atoms with Crippen LogP contribution in [-0.2, 0) is 4.74 Å². The molecule has 1 fully saturated rings. The van der Waals surface area contributed by atoms with E-state index in [1.807, 2.05) is 4.90 Å². The van der Waals surface area contributed by atoms with Crippen LogP contribution in [0.5, 0.6) is 0 Å². The van der Waals surface area contributed by atoms with E-state index in [4.69, 9.17) is 16.3 Å².